The summed E-state index contributed by atoms with van der Waals surface area (Å²) in [6.07, 6.45) is 3.66. The Morgan fingerprint density at radius 2 is 1.93 bits per heavy atom. The van der Waals surface area contributed by atoms with Crippen molar-refractivity contribution >= 4 is 46.6 Å². The van der Waals surface area contributed by atoms with E-state index in [1.54, 1.807) is 12.1 Å². The third-order valence-electron chi connectivity index (χ3n) is 5.22. The molecule has 27 heavy (non-hydrogen) atoms. The van der Waals surface area contributed by atoms with Gasteiger partial charge in [-0.05, 0) is 55.0 Å². The molecule has 0 spiro atoms. The number of hydrogen-bond donors (Lipinski definition) is 1. The molecule has 2 aromatic rings. The Hall–Kier alpha value is -0.580. The Labute approximate surface area is 179 Å². The van der Waals surface area contributed by atoms with Crippen LogP contribution in [-0.4, -0.2) is 24.9 Å². The maximum absolute atomic E-state index is 6.52. The number of nitrogens with one attached hydrogen (secondary N) is 1. The van der Waals surface area contributed by atoms with Gasteiger partial charge in [0.25, 0.3) is 0 Å². The quantitative estimate of drug-likeness (QED) is 0.396. The number of thioether (sulfide) groups is 1. The molecule has 2 nitrogen and oxygen atoms in total. The van der Waals surface area contributed by atoms with E-state index >= 15 is 0 Å². The van der Waals surface area contributed by atoms with Crippen LogP contribution in [0.25, 0.3) is 11.1 Å². The molecular formula is C21H22Cl3NOS. The van der Waals surface area contributed by atoms with Crippen molar-refractivity contribution in [1.29, 1.82) is 0 Å². The van der Waals surface area contributed by atoms with Gasteiger partial charge in [-0.15, -0.1) is 11.8 Å². The molecule has 2 heterocycles. The van der Waals surface area contributed by atoms with Crippen molar-refractivity contribution in [2.75, 3.05) is 18.8 Å². The minimum absolute atomic E-state index is 0.262. The summed E-state index contributed by atoms with van der Waals surface area (Å²) in [6.45, 7) is 4.17. The van der Waals surface area contributed by atoms with E-state index in [4.69, 9.17) is 39.5 Å². The summed E-state index contributed by atoms with van der Waals surface area (Å²) in [4.78, 5) is 1.19. The van der Waals surface area contributed by atoms with E-state index in [9.17, 15) is 0 Å². The highest BCUT2D eigenvalue weighted by Gasteiger charge is 2.38. The van der Waals surface area contributed by atoms with E-state index in [1.807, 2.05) is 11.8 Å². The zero-order valence-corrected chi connectivity index (χ0v) is 18.2. The summed E-state index contributed by atoms with van der Waals surface area (Å²) < 4.78 is 6.40. The van der Waals surface area contributed by atoms with E-state index < -0.39 is 0 Å². The van der Waals surface area contributed by atoms with Crippen molar-refractivity contribution in [1.82, 2.24) is 5.32 Å². The molecule has 4 rings (SSSR count). The Kier molecular flexibility index (Phi) is 6.15. The predicted molar refractivity (Wildman–Crippen MR) is 117 cm³/mol. The molecule has 2 aliphatic heterocycles. The van der Waals surface area contributed by atoms with Crippen LogP contribution in [0.3, 0.4) is 0 Å². The van der Waals surface area contributed by atoms with Gasteiger partial charge in [-0.2, -0.15) is 0 Å². The fraction of sp³-hybridized carbons (Fsp3) is 0.429. The van der Waals surface area contributed by atoms with Crippen molar-refractivity contribution in [3.63, 3.8) is 0 Å². The molecule has 0 bridgehead atoms. The maximum atomic E-state index is 6.52. The highest BCUT2D eigenvalue weighted by atomic mass is 35.5. The summed E-state index contributed by atoms with van der Waals surface area (Å²) >= 11 is 21.0. The van der Waals surface area contributed by atoms with E-state index in [2.05, 4.69) is 24.4 Å². The Balaban J connectivity index is 1.81. The smallest absolute Gasteiger partial charge is 0.137 e. The highest BCUT2D eigenvalue weighted by molar-refractivity contribution is 7.99. The lowest BCUT2D eigenvalue weighted by molar-refractivity contribution is 0.169. The number of ether oxygens (including phenoxy) is 1. The number of piperidine rings is 1. The number of benzene rings is 2. The normalized spacial score (nSPS) is 20.9. The lowest BCUT2D eigenvalue weighted by Crippen LogP contribution is -2.37. The first-order chi connectivity index (χ1) is 13.1. The van der Waals surface area contributed by atoms with Gasteiger partial charge >= 0.3 is 0 Å². The Morgan fingerprint density at radius 3 is 2.67 bits per heavy atom. The average Bonchev–Trinajstić information content (AvgIpc) is 3.00. The zero-order chi connectivity index (χ0) is 19.0. The van der Waals surface area contributed by atoms with Gasteiger partial charge in [0.1, 0.15) is 11.9 Å². The topological polar surface area (TPSA) is 21.3 Å². The van der Waals surface area contributed by atoms with Crippen LogP contribution in [0.4, 0.5) is 0 Å². The lowest BCUT2D eigenvalue weighted by Gasteiger charge is -2.25. The molecule has 0 aromatic heterocycles. The second-order valence-electron chi connectivity index (χ2n) is 7.09. The third kappa shape index (κ3) is 3.95. The molecule has 6 heteroatoms. The molecule has 0 radical (unpaired) electrons. The maximum Gasteiger partial charge on any atom is 0.137 e. The molecule has 2 aromatic carbocycles. The van der Waals surface area contributed by atoms with Crippen molar-refractivity contribution in [3.8, 4) is 16.9 Å². The molecule has 1 N–H and O–H groups in total. The van der Waals surface area contributed by atoms with E-state index in [0.29, 0.717) is 21.0 Å². The fourth-order valence-electron chi connectivity index (χ4n) is 3.86. The third-order valence-corrected chi connectivity index (χ3v) is 7.14. The average molecular weight is 443 g/mol. The molecule has 2 aliphatic rings. The first-order valence-electron chi connectivity index (χ1n) is 9.41. The summed E-state index contributed by atoms with van der Waals surface area (Å²) in [6, 6.07) is 7.88. The predicted octanol–water partition coefficient (Wildman–Crippen LogP) is 7.04. The summed E-state index contributed by atoms with van der Waals surface area (Å²) in [7, 11) is 0. The van der Waals surface area contributed by atoms with Gasteiger partial charge in [0, 0.05) is 28.6 Å². The molecule has 2 atom stereocenters. The highest BCUT2D eigenvalue weighted by Crippen LogP contribution is 2.49. The van der Waals surface area contributed by atoms with Gasteiger partial charge in [-0.25, -0.2) is 0 Å². The fourth-order valence-corrected chi connectivity index (χ4v) is 6.05. The van der Waals surface area contributed by atoms with Crippen molar-refractivity contribution in [2.24, 2.45) is 0 Å². The Bertz CT molecular complexity index is 835. The number of halogens is 3. The van der Waals surface area contributed by atoms with Gasteiger partial charge in [0.15, 0.2) is 0 Å². The largest absolute Gasteiger partial charge is 0.488 e. The lowest BCUT2D eigenvalue weighted by atomic mass is 9.89. The van der Waals surface area contributed by atoms with Gasteiger partial charge in [-0.3, -0.25) is 0 Å². The molecule has 2 unspecified atom stereocenters. The van der Waals surface area contributed by atoms with Gasteiger partial charge in [0.05, 0.1) is 14.9 Å². The van der Waals surface area contributed by atoms with Crippen LogP contribution in [0.2, 0.25) is 15.1 Å². The molecular weight excluding hydrogens is 421 g/mol. The molecule has 0 saturated carbocycles. The number of rotatable bonds is 5. The van der Waals surface area contributed by atoms with E-state index in [1.165, 1.54) is 23.3 Å². The van der Waals surface area contributed by atoms with Crippen LogP contribution >= 0.6 is 46.6 Å². The second-order valence-corrected chi connectivity index (χ2v) is 9.48. The molecule has 0 aliphatic carbocycles. The summed E-state index contributed by atoms with van der Waals surface area (Å²) in [5.41, 5.74) is 3.15. The summed E-state index contributed by atoms with van der Waals surface area (Å²) in [5, 5.41) is 5.21. The molecule has 0 amide bonds. The SMILES string of the molecule is CCCCSc1cc(-c2c(Cl)cc(Cl)cc2Cl)cc2c1OC1CCNCC21. The van der Waals surface area contributed by atoms with Gasteiger partial charge < -0.3 is 10.1 Å². The van der Waals surface area contributed by atoms with Crippen molar-refractivity contribution < 1.29 is 4.74 Å². The second kappa shape index (κ2) is 8.42. The standard InChI is InChI=1S/C21H22Cl3NOS/c1-2-3-6-27-19-8-12(20-16(23)9-13(22)10-17(20)24)7-14-15-11-25-5-4-18(15)26-21(14)19/h7-10,15,18,25H,2-6,11H2,1H3. The number of hydrogen-bond acceptors (Lipinski definition) is 3. The minimum atomic E-state index is 0.262. The van der Waals surface area contributed by atoms with Crippen LogP contribution in [0.5, 0.6) is 5.75 Å². The van der Waals surface area contributed by atoms with Gasteiger partial charge in [-0.1, -0.05) is 48.1 Å². The first-order valence-corrected chi connectivity index (χ1v) is 11.5. The Morgan fingerprint density at radius 1 is 1.15 bits per heavy atom. The van der Waals surface area contributed by atoms with Crippen LogP contribution in [0.15, 0.2) is 29.2 Å². The monoisotopic (exact) mass is 441 g/mol. The zero-order valence-electron chi connectivity index (χ0n) is 15.2. The van der Waals surface area contributed by atoms with E-state index in [-0.39, 0.29) is 6.10 Å². The number of unbranched alkanes of at least 4 members (excludes halogenated alkanes) is 1. The van der Waals surface area contributed by atoms with Crippen LogP contribution in [0.1, 0.15) is 37.7 Å². The van der Waals surface area contributed by atoms with Crippen LogP contribution < -0.4 is 10.1 Å². The van der Waals surface area contributed by atoms with Crippen LogP contribution in [-0.2, 0) is 0 Å². The van der Waals surface area contributed by atoms with Crippen LogP contribution in [0, 0.1) is 0 Å². The molecule has 1 fully saturated rings. The first kappa shape index (κ1) is 19.7. The summed E-state index contributed by atoms with van der Waals surface area (Å²) in [5.74, 6) is 2.51. The molecule has 144 valence electrons. The van der Waals surface area contributed by atoms with Crippen molar-refractivity contribution in [3.05, 3.63) is 44.9 Å². The number of fused-ring (bicyclic) bond motifs is 3. The molecule has 1 saturated heterocycles. The van der Waals surface area contributed by atoms with Crippen molar-refractivity contribution in [2.45, 2.75) is 43.1 Å². The van der Waals surface area contributed by atoms with Gasteiger partial charge in [0.2, 0.25) is 0 Å². The van der Waals surface area contributed by atoms with E-state index in [0.717, 1.165) is 42.1 Å². The minimum Gasteiger partial charge on any atom is -0.488 e.